The standard InChI is InChI=1S/C9H14N4O/c1-10-8-6-3-4-13(2)5-7(6)11-9(14)12-8/h3-5H2,1-2H3,(H2,10,11,12,14). The molecule has 0 atom stereocenters. The van der Waals surface area contributed by atoms with Crippen LogP contribution in [-0.4, -0.2) is 35.5 Å². The third-order valence-corrected chi connectivity index (χ3v) is 2.53. The Labute approximate surface area is 82.2 Å². The number of aromatic amines is 1. The minimum Gasteiger partial charge on any atom is -0.373 e. The fourth-order valence-electron chi connectivity index (χ4n) is 1.81. The zero-order chi connectivity index (χ0) is 10.1. The summed E-state index contributed by atoms with van der Waals surface area (Å²) in [5.74, 6) is 0.719. The van der Waals surface area contributed by atoms with Crippen LogP contribution in [0.15, 0.2) is 4.79 Å². The second kappa shape index (κ2) is 3.42. The van der Waals surface area contributed by atoms with E-state index in [2.05, 4.69) is 20.2 Å². The summed E-state index contributed by atoms with van der Waals surface area (Å²) < 4.78 is 0. The first-order valence-electron chi connectivity index (χ1n) is 4.69. The number of aromatic nitrogens is 2. The fourth-order valence-corrected chi connectivity index (χ4v) is 1.81. The van der Waals surface area contributed by atoms with Gasteiger partial charge < -0.3 is 15.2 Å². The summed E-state index contributed by atoms with van der Waals surface area (Å²) in [6.07, 6.45) is 0.936. The van der Waals surface area contributed by atoms with Crippen LogP contribution < -0.4 is 11.0 Å². The van der Waals surface area contributed by atoms with E-state index in [4.69, 9.17) is 0 Å². The van der Waals surface area contributed by atoms with Crippen LogP contribution in [0.4, 0.5) is 5.82 Å². The van der Waals surface area contributed by atoms with Crippen molar-refractivity contribution < 1.29 is 0 Å². The van der Waals surface area contributed by atoms with Crippen LogP contribution in [0.3, 0.4) is 0 Å². The molecule has 0 radical (unpaired) electrons. The monoisotopic (exact) mass is 194 g/mol. The lowest BCUT2D eigenvalue weighted by Crippen LogP contribution is -2.31. The maximum absolute atomic E-state index is 11.2. The van der Waals surface area contributed by atoms with Crippen molar-refractivity contribution in [1.82, 2.24) is 14.9 Å². The number of hydrogen-bond donors (Lipinski definition) is 2. The predicted molar refractivity (Wildman–Crippen MR) is 54.4 cm³/mol. The summed E-state index contributed by atoms with van der Waals surface area (Å²) in [7, 11) is 3.83. The lowest BCUT2D eigenvalue weighted by atomic mass is 10.1. The largest absolute Gasteiger partial charge is 0.373 e. The fraction of sp³-hybridized carbons (Fsp3) is 0.556. The minimum atomic E-state index is -0.275. The summed E-state index contributed by atoms with van der Waals surface area (Å²) >= 11 is 0. The molecule has 0 unspecified atom stereocenters. The van der Waals surface area contributed by atoms with Crippen molar-refractivity contribution in [1.29, 1.82) is 0 Å². The second-order valence-electron chi connectivity index (χ2n) is 3.59. The Balaban J connectivity index is 2.51. The lowest BCUT2D eigenvalue weighted by Gasteiger charge is -2.25. The van der Waals surface area contributed by atoms with E-state index in [0.717, 1.165) is 36.6 Å². The van der Waals surface area contributed by atoms with E-state index in [1.54, 1.807) is 7.05 Å². The molecule has 2 N–H and O–H groups in total. The molecule has 1 aliphatic rings. The first-order chi connectivity index (χ1) is 6.70. The highest BCUT2D eigenvalue weighted by Crippen LogP contribution is 2.19. The zero-order valence-corrected chi connectivity index (χ0v) is 8.42. The topological polar surface area (TPSA) is 61.0 Å². The number of nitrogens with one attached hydrogen (secondary N) is 2. The quantitative estimate of drug-likeness (QED) is 0.650. The van der Waals surface area contributed by atoms with Crippen molar-refractivity contribution in [3.8, 4) is 0 Å². The van der Waals surface area contributed by atoms with Gasteiger partial charge in [-0.2, -0.15) is 4.98 Å². The van der Waals surface area contributed by atoms with Gasteiger partial charge in [0.15, 0.2) is 0 Å². The SMILES string of the molecule is CNc1nc(=O)[nH]c2c1CCN(C)C2. The number of likely N-dealkylation sites (N-methyl/N-ethyl adjacent to an activating group) is 1. The van der Waals surface area contributed by atoms with Crippen molar-refractivity contribution in [2.75, 3.05) is 26.0 Å². The van der Waals surface area contributed by atoms with Crippen LogP contribution in [0.2, 0.25) is 0 Å². The maximum atomic E-state index is 11.2. The first kappa shape index (κ1) is 9.21. The van der Waals surface area contributed by atoms with Gasteiger partial charge in [-0.25, -0.2) is 4.79 Å². The number of hydrogen-bond acceptors (Lipinski definition) is 4. The Morgan fingerprint density at radius 1 is 1.57 bits per heavy atom. The first-order valence-corrected chi connectivity index (χ1v) is 4.69. The summed E-state index contributed by atoms with van der Waals surface area (Å²) in [6, 6.07) is 0. The number of H-pyrrole nitrogens is 1. The van der Waals surface area contributed by atoms with Crippen molar-refractivity contribution >= 4 is 5.82 Å². The second-order valence-corrected chi connectivity index (χ2v) is 3.59. The van der Waals surface area contributed by atoms with Gasteiger partial charge in [-0.15, -0.1) is 0 Å². The average Bonchev–Trinajstić information content (AvgIpc) is 2.15. The van der Waals surface area contributed by atoms with E-state index >= 15 is 0 Å². The van der Waals surface area contributed by atoms with E-state index in [0.29, 0.717) is 0 Å². The van der Waals surface area contributed by atoms with Gasteiger partial charge in [-0.3, -0.25) is 0 Å². The molecule has 0 aliphatic carbocycles. The molecule has 2 heterocycles. The number of nitrogens with zero attached hydrogens (tertiary/aromatic N) is 2. The maximum Gasteiger partial charge on any atom is 0.347 e. The molecule has 5 heteroatoms. The minimum absolute atomic E-state index is 0.275. The Hall–Kier alpha value is -1.36. The summed E-state index contributed by atoms with van der Waals surface area (Å²) in [4.78, 5) is 20.1. The smallest absolute Gasteiger partial charge is 0.347 e. The van der Waals surface area contributed by atoms with Crippen LogP contribution in [0.1, 0.15) is 11.3 Å². The molecule has 1 aliphatic heterocycles. The molecule has 14 heavy (non-hydrogen) atoms. The Kier molecular flexibility index (Phi) is 2.25. The average molecular weight is 194 g/mol. The molecule has 0 spiro atoms. The van der Waals surface area contributed by atoms with Gasteiger partial charge in [-0.05, 0) is 13.5 Å². The van der Waals surface area contributed by atoms with Crippen molar-refractivity contribution in [3.05, 3.63) is 21.7 Å². The molecule has 0 amide bonds. The van der Waals surface area contributed by atoms with Crippen molar-refractivity contribution in [2.45, 2.75) is 13.0 Å². The summed E-state index contributed by atoms with van der Waals surface area (Å²) in [5, 5.41) is 2.96. The number of fused-ring (bicyclic) bond motifs is 1. The highest BCUT2D eigenvalue weighted by atomic mass is 16.1. The molecule has 1 aromatic rings. The number of anilines is 1. The molecule has 76 valence electrons. The van der Waals surface area contributed by atoms with Crippen LogP contribution >= 0.6 is 0 Å². The van der Waals surface area contributed by atoms with Gasteiger partial charge >= 0.3 is 5.69 Å². The molecule has 2 rings (SSSR count). The highest BCUT2D eigenvalue weighted by Gasteiger charge is 2.17. The van der Waals surface area contributed by atoms with Crippen LogP contribution in [0.5, 0.6) is 0 Å². The highest BCUT2D eigenvalue weighted by molar-refractivity contribution is 5.46. The predicted octanol–water partition coefficient (Wildman–Crippen LogP) is -0.200. The van der Waals surface area contributed by atoms with Crippen LogP contribution in [-0.2, 0) is 13.0 Å². The van der Waals surface area contributed by atoms with Crippen molar-refractivity contribution in [3.63, 3.8) is 0 Å². The van der Waals surface area contributed by atoms with Gasteiger partial charge in [-0.1, -0.05) is 0 Å². The van der Waals surface area contributed by atoms with Crippen LogP contribution in [0, 0.1) is 0 Å². The van der Waals surface area contributed by atoms with Gasteiger partial charge in [0.25, 0.3) is 0 Å². The molecule has 0 saturated carbocycles. The van der Waals surface area contributed by atoms with Crippen LogP contribution in [0.25, 0.3) is 0 Å². The van der Waals surface area contributed by atoms with E-state index in [9.17, 15) is 4.79 Å². The lowest BCUT2D eigenvalue weighted by molar-refractivity contribution is 0.307. The molecule has 0 aromatic carbocycles. The molecule has 0 saturated heterocycles. The summed E-state index contributed by atoms with van der Waals surface area (Å²) in [5.41, 5.74) is 1.86. The van der Waals surface area contributed by atoms with E-state index in [1.165, 1.54) is 0 Å². The van der Waals surface area contributed by atoms with Gasteiger partial charge in [0, 0.05) is 31.4 Å². The molecule has 0 fully saturated rings. The Morgan fingerprint density at radius 2 is 2.36 bits per heavy atom. The van der Waals surface area contributed by atoms with E-state index in [-0.39, 0.29) is 5.69 Å². The third kappa shape index (κ3) is 1.50. The third-order valence-electron chi connectivity index (χ3n) is 2.53. The molecule has 0 bridgehead atoms. The van der Waals surface area contributed by atoms with Crippen molar-refractivity contribution in [2.24, 2.45) is 0 Å². The molecule has 1 aromatic heterocycles. The Bertz CT molecular complexity index is 398. The zero-order valence-electron chi connectivity index (χ0n) is 8.42. The Morgan fingerprint density at radius 3 is 3.07 bits per heavy atom. The number of rotatable bonds is 1. The summed E-state index contributed by atoms with van der Waals surface area (Å²) in [6.45, 7) is 1.80. The van der Waals surface area contributed by atoms with Gasteiger partial charge in [0.05, 0.1) is 0 Å². The molecule has 5 nitrogen and oxygen atoms in total. The van der Waals surface area contributed by atoms with E-state index < -0.39 is 0 Å². The normalized spacial score (nSPS) is 16.4. The molecular weight excluding hydrogens is 180 g/mol. The van der Waals surface area contributed by atoms with Gasteiger partial charge in [0.1, 0.15) is 5.82 Å². The molecular formula is C9H14N4O. The van der Waals surface area contributed by atoms with Gasteiger partial charge in [0.2, 0.25) is 0 Å². The van der Waals surface area contributed by atoms with E-state index in [1.807, 2.05) is 7.05 Å².